The summed E-state index contributed by atoms with van der Waals surface area (Å²) in [7, 11) is 0. The number of rotatable bonds is 9. The molecule has 242 valence electrons. The van der Waals surface area contributed by atoms with E-state index in [1.54, 1.807) is 12.1 Å². The number of anilines is 1. The van der Waals surface area contributed by atoms with E-state index in [-0.39, 0.29) is 23.5 Å². The first kappa shape index (κ1) is 33.0. The third-order valence-corrected chi connectivity index (χ3v) is 8.43. The number of aryl methyl sites for hydroxylation is 1. The number of halogens is 4. The van der Waals surface area contributed by atoms with Crippen molar-refractivity contribution in [3.8, 4) is 22.8 Å². The first-order chi connectivity index (χ1) is 21.9. The van der Waals surface area contributed by atoms with Gasteiger partial charge >= 0.3 is 12.4 Å². The van der Waals surface area contributed by atoms with Gasteiger partial charge in [-0.25, -0.2) is 18.9 Å². The fourth-order valence-corrected chi connectivity index (χ4v) is 5.98. The van der Waals surface area contributed by atoms with Gasteiger partial charge in [0.2, 0.25) is 0 Å². The van der Waals surface area contributed by atoms with Crippen molar-refractivity contribution in [2.45, 2.75) is 58.4 Å². The summed E-state index contributed by atoms with van der Waals surface area (Å²) < 4.78 is 56.6. The van der Waals surface area contributed by atoms with E-state index in [1.807, 2.05) is 49.9 Å². The summed E-state index contributed by atoms with van der Waals surface area (Å²) in [6.45, 7) is 6.68. The van der Waals surface area contributed by atoms with Crippen molar-refractivity contribution in [3.63, 3.8) is 0 Å². The van der Waals surface area contributed by atoms with Crippen LogP contribution in [0.2, 0.25) is 0 Å². The molecular formula is C33H34F4N6O2S. The van der Waals surface area contributed by atoms with Crippen LogP contribution >= 0.6 is 11.8 Å². The number of amides is 2. The topological polar surface area (TPSA) is 84.6 Å². The molecule has 0 bridgehead atoms. The predicted molar refractivity (Wildman–Crippen MR) is 172 cm³/mol. The molecule has 1 saturated heterocycles. The molecule has 1 atom stereocenters. The van der Waals surface area contributed by atoms with Gasteiger partial charge in [0.15, 0.2) is 11.0 Å². The predicted octanol–water partition coefficient (Wildman–Crippen LogP) is 8.13. The van der Waals surface area contributed by atoms with Crippen molar-refractivity contribution < 1.29 is 27.1 Å². The Labute approximate surface area is 268 Å². The average Bonchev–Trinajstić information content (AvgIpc) is 3.51. The normalized spacial score (nSPS) is 15.3. The van der Waals surface area contributed by atoms with Crippen molar-refractivity contribution >= 4 is 28.6 Å². The zero-order valence-corrected chi connectivity index (χ0v) is 26.4. The standard InChI is InChI=1S/C33H34F4N6O2S/c1-21(2)28-19-25(34)11-16-29(28)42-17-4-18-46-32(42)40-31(44)39-22(3)5-6-23-7-9-24(10-8-23)30-38-20-43(41-30)26-12-14-27(15-13-26)45-33(35,36)37/h7-16,19-22H,4-6,17-18H2,1-3H3,(H,39,44). The number of nitrogens with zero attached hydrogens (tertiary/aromatic N) is 5. The quantitative estimate of drug-likeness (QED) is 0.184. The van der Waals surface area contributed by atoms with Crippen LogP contribution in [0.25, 0.3) is 17.1 Å². The maximum Gasteiger partial charge on any atom is 0.573 e. The lowest BCUT2D eigenvalue weighted by molar-refractivity contribution is -0.274. The second kappa shape index (κ2) is 14.4. The van der Waals surface area contributed by atoms with E-state index < -0.39 is 12.4 Å². The number of thioether (sulfide) groups is 1. The number of carbonyl (C=O) groups is 1. The van der Waals surface area contributed by atoms with Crippen LogP contribution in [0.3, 0.4) is 0 Å². The summed E-state index contributed by atoms with van der Waals surface area (Å²) in [5.74, 6) is 0.848. The molecule has 0 aliphatic carbocycles. The largest absolute Gasteiger partial charge is 0.573 e. The molecule has 2 heterocycles. The molecule has 0 spiro atoms. The summed E-state index contributed by atoms with van der Waals surface area (Å²) in [6.07, 6.45) is -0.906. The number of ether oxygens (including phenoxy) is 1. The van der Waals surface area contributed by atoms with Crippen molar-refractivity contribution in [1.29, 1.82) is 0 Å². The molecule has 5 rings (SSSR count). The number of alkyl halides is 3. The number of urea groups is 1. The highest BCUT2D eigenvalue weighted by molar-refractivity contribution is 8.14. The van der Waals surface area contributed by atoms with Gasteiger partial charge in [0.05, 0.1) is 5.69 Å². The molecule has 3 aromatic carbocycles. The molecule has 1 fully saturated rings. The number of nitrogens with one attached hydrogen (secondary N) is 1. The van der Waals surface area contributed by atoms with Gasteiger partial charge < -0.3 is 15.0 Å². The van der Waals surface area contributed by atoms with Gasteiger partial charge in [0.25, 0.3) is 0 Å². The summed E-state index contributed by atoms with van der Waals surface area (Å²) >= 11 is 1.53. The number of carbonyl (C=O) groups excluding carboxylic acids is 1. The smallest absolute Gasteiger partial charge is 0.406 e. The van der Waals surface area contributed by atoms with Gasteiger partial charge in [-0.1, -0.05) is 49.9 Å². The molecule has 1 N–H and O–H groups in total. The highest BCUT2D eigenvalue weighted by Gasteiger charge is 2.31. The maximum absolute atomic E-state index is 14.0. The monoisotopic (exact) mass is 654 g/mol. The van der Waals surface area contributed by atoms with E-state index in [0.29, 0.717) is 29.6 Å². The molecule has 0 saturated carbocycles. The van der Waals surface area contributed by atoms with Crippen LogP contribution in [0.4, 0.5) is 28.0 Å². The van der Waals surface area contributed by atoms with E-state index in [4.69, 9.17) is 0 Å². The van der Waals surface area contributed by atoms with Crippen LogP contribution < -0.4 is 15.0 Å². The molecule has 1 aliphatic rings. The SMILES string of the molecule is CC(CCc1ccc(-c2ncn(-c3ccc(OC(F)(F)F)cc3)n2)cc1)NC(=O)N=C1SCCCN1c1ccc(F)cc1C(C)C. The molecule has 46 heavy (non-hydrogen) atoms. The summed E-state index contributed by atoms with van der Waals surface area (Å²) in [4.78, 5) is 23.6. The van der Waals surface area contributed by atoms with Crippen LogP contribution in [0.1, 0.15) is 50.7 Å². The second-order valence-electron chi connectivity index (χ2n) is 11.2. The number of benzene rings is 3. The lowest BCUT2D eigenvalue weighted by atomic mass is 10.00. The Bertz CT molecular complexity index is 1670. The van der Waals surface area contributed by atoms with Crippen molar-refractivity contribution in [2.24, 2.45) is 4.99 Å². The third-order valence-electron chi connectivity index (χ3n) is 7.36. The van der Waals surface area contributed by atoms with Gasteiger partial charge in [0, 0.05) is 29.6 Å². The van der Waals surface area contributed by atoms with Gasteiger partial charge in [0.1, 0.15) is 17.9 Å². The summed E-state index contributed by atoms with van der Waals surface area (Å²) in [5.41, 5.74) is 4.15. The van der Waals surface area contributed by atoms with Crippen LogP contribution in [0.15, 0.2) is 78.0 Å². The van der Waals surface area contributed by atoms with Crippen LogP contribution in [0.5, 0.6) is 5.75 Å². The minimum absolute atomic E-state index is 0.117. The van der Waals surface area contributed by atoms with Crippen molar-refractivity contribution in [1.82, 2.24) is 20.1 Å². The molecule has 1 aromatic heterocycles. The second-order valence-corrected chi connectivity index (χ2v) is 12.3. The van der Waals surface area contributed by atoms with Gasteiger partial charge in [-0.15, -0.1) is 18.3 Å². The summed E-state index contributed by atoms with van der Waals surface area (Å²) in [5, 5.41) is 8.03. The zero-order valence-electron chi connectivity index (χ0n) is 25.6. The van der Waals surface area contributed by atoms with E-state index in [0.717, 1.165) is 41.0 Å². The Morgan fingerprint density at radius 2 is 1.80 bits per heavy atom. The maximum atomic E-state index is 14.0. The Balaban J connectivity index is 1.15. The van der Waals surface area contributed by atoms with Gasteiger partial charge in [-0.05, 0) is 85.7 Å². The third kappa shape index (κ3) is 8.65. The molecule has 1 aliphatic heterocycles. The van der Waals surface area contributed by atoms with E-state index in [1.165, 1.54) is 53.1 Å². The molecule has 4 aromatic rings. The molecule has 13 heteroatoms. The molecule has 0 radical (unpaired) electrons. The Kier molecular flexibility index (Phi) is 10.3. The Morgan fingerprint density at radius 1 is 1.07 bits per heavy atom. The number of amidine groups is 1. The molecule has 2 amide bonds. The van der Waals surface area contributed by atoms with Gasteiger partial charge in [-0.2, -0.15) is 4.99 Å². The Hall–Kier alpha value is -4.39. The fourth-order valence-electron chi connectivity index (χ4n) is 5.04. The fraction of sp³-hybridized carbons (Fsp3) is 0.333. The highest BCUT2D eigenvalue weighted by atomic mass is 32.2. The van der Waals surface area contributed by atoms with Crippen LogP contribution in [-0.4, -0.2) is 50.7 Å². The molecule has 1 unspecified atom stereocenters. The highest BCUT2D eigenvalue weighted by Crippen LogP contribution is 2.33. The number of hydrogen-bond acceptors (Lipinski definition) is 5. The minimum atomic E-state index is -4.75. The van der Waals surface area contributed by atoms with Crippen LogP contribution in [-0.2, 0) is 6.42 Å². The minimum Gasteiger partial charge on any atom is -0.406 e. The first-order valence-corrected chi connectivity index (χ1v) is 15.9. The van der Waals surface area contributed by atoms with E-state index in [2.05, 4.69) is 25.1 Å². The lowest BCUT2D eigenvalue weighted by Crippen LogP contribution is -2.38. The number of hydrogen-bond donors (Lipinski definition) is 1. The first-order valence-electron chi connectivity index (χ1n) is 14.9. The molecule has 8 nitrogen and oxygen atoms in total. The van der Waals surface area contributed by atoms with E-state index in [9.17, 15) is 22.4 Å². The zero-order chi connectivity index (χ0) is 32.8. The van der Waals surface area contributed by atoms with Crippen molar-refractivity contribution in [2.75, 3.05) is 17.2 Å². The summed E-state index contributed by atoms with van der Waals surface area (Å²) in [6, 6.07) is 17.3. The van der Waals surface area contributed by atoms with E-state index >= 15 is 0 Å². The number of aliphatic imine (C=N–C) groups is 1. The average molecular weight is 655 g/mol. The lowest BCUT2D eigenvalue weighted by Gasteiger charge is -2.32. The number of aromatic nitrogens is 3. The van der Waals surface area contributed by atoms with Crippen molar-refractivity contribution in [3.05, 3.63) is 90.0 Å². The Morgan fingerprint density at radius 3 is 2.50 bits per heavy atom. The van der Waals surface area contributed by atoms with Crippen LogP contribution in [0, 0.1) is 5.82 Å². The van der Waals surface area contributed by atoms with Gasteiger partial charge in [-0.3, -0.25) is 0 Å². The molecular weight excluding hydrogens is 620 g/mol.